The van der Waals surface area contributed by atoms with Gasteiger partial charge < -0.3 is 10.4 Å². The van der Waals surface area contributed by atoms with E-state index in [0.29, 0.717) is 22.4 Å². The van der Waals surface area contributed by atoms with Gasteiger partial charge in [-0.25, -0.2) is 0 Å². The van der Waals surface area contributed by atoms with Gasteiger partial charge >= 0.3 is 0 Å². The molecule has 2 N–H and O–H groups in total. The number of imide groups is 1. The largest absolute Gasteiger partial charge is 0.507 e. The number of rotatable bonds is 4. The first-order chi connectivity index (χ1) is 13.7. The molecule has 7 heteroatoms. The summed E-state index contributed by atoms with van der Waals surface area (Å²) in [4.78, 5) is 38.4. The zero-order valence-electron chi connectivity index (χ0n) is 16.7. The van der Waals surface area contributed by atoms with Gasteiger partial charge in [-0.15, -0.1) is 0 Å². The van der Waals surface area contributed by atoms with Crippen molar-refractivity contribution in [1.82, 2.24) is 4.90 Å². The number of nitrogens with zero attached hydrogens (tertiary/aromatic N) is 1. The lowest BCUT2D eigenvalue weighted by Gasteiger charge is -2.13. The number of aryl methyl sites for hydroxylation is 4. The molecule has 1 heterocycles. The van der Waals surface area contributed by atoms with E-state index in [4.69, 9.17) is 0 Å². The smallest absolute Gasteiger partial charge is 0.294 e. The number of nitrogens with one attached hydrogen (secondary N) is 1. The van der Waals surface area contributed by atoms with Gasteiger partial charge in [0.15, 0.2) is 0 Å². The lowest BCUT2D eigenvalue weighted by Crippen LogP contribution is -2.36. The maximum Gasteiger partial charge on any atom is 0.294 e. The minimum Gasteiger partial charge on any atom is -0.507 e. The van der Waals surface area contributed by atoms with Crippen molar-refractivity contribution in [3.05, 3.63) is 63.1 Å². The van der Waals surface area contributed by atoms with Gasteiger partial charge in [-0.3, -0.25) is 19.3 Å². The Balaban J connectivity index is 1.73. The van der Waals surface area contributed by atoms with E-state index in [1.807, 2.05) is 26.0 Å². The Kier molecular flexibility index (Phi) is 5.79. The van der Waals surface area contributed by atoms with Crippen LogP contribution in [0.2, 0.25) is 0 Å². The predicted octanol–water partition coefficient (Wildman–Crippen LogP) is 4.30. The Morgan fingerprint density at radius 3 is 2.31 bits per heavy atom. The van der Waals surface area contributed by atoms with Crippen molar-refractivity contribution in [1.29, 1.82) is 0 Å². The number of hydrogen-bond acceptors (Lipinski definition) is 5. The number of carbonyl (C=O) groups excluding carboxylic acids is 3. The molecule has 1 aliphatic rings. The molecule has 3 amide bonds. The summed E-state index contributed by atoms with van der Waals surface area (Å²) in [7, 11) is 0. The SMILES string of the molecule is Cc1ccc(NC(=O)CN2C(=O)SC(=Cc3cc(C)c(O)c(C)c3)C2=O)cc1C. The number of phenolic OH excluding ortho intramolecular Hbond substituents is 1. The van der Waals surface area contributed by atoms with Crippen LogP contribution in [0.5, 0.6) is 5.75 Å². The highest BCUT2D eigenvalue weighted by Gasteiger charge is 2.36. The maximum absolute atomic E-state index is 12.6. The third-order valence-corrected chi connectivity index (χ3v) is 5.68. The topological polar surface area (TPSA) is 86.7 Å². The van der Waals surface area contributed by atoms with Crippen molar-refractivity contribution in [2.24, 2.45) is 0 Å². The van der Waals surface area contributed by atoms with Crippen LogP contribution in [0.25, 0.3) is 6.08 Å². The lowest BCUT2D eigenvalue weighted by molar-refractivity contribution is -0.127. The fraction of sp³-hybridized carbons (Fsp3) is 0.227. The van der Waals surface area contributed by atoms with Gasteiger partial charge in [0.25, 0.3) is 11.1 Å². The molecular formula is C22H22N2O4S. The molecule has 0 saturated carbocycles. The zero-order chi connectivity index (χ0) is 21.3. The van der Waals surface area contributed by atoms with Crippen LogP contribution in [0.1, 0.15) is 27.8 Å². The van der Waals surface area contributed by atoms with Crippen LogP contribution in [-0.2, 0) is 9.59 Å². The van der Waals surface area contributed by atoms with Crippen molar-refractivity contribution in [2.75, 3.05) is 11.9 Å². The number of amides is 3. The Hall–Kier alpha value is -3.06. The number of phenols is 1. The van der Waals surface area contributed by atoms with E-state index >= 15 is 0 Å². The first-order valence-electron chi connectivity index (χ1n) is 9.08. The van der Waals surface area contributed by atoms with E-state index in [9.17, 15) is 19.5 Å². The van der Waals surface area contributed by atoms with Crippen molar-refractivity contribution in [3.63, 3.8) is 0 Å². The van der Waals surface area contributed by atoms with E-state index in [1.165, 1.54) is 0 Å². The number of aromatic hydroxyl groups is 1. The molecule has 0 unspecified atom stereocenters. The average molecular weight is 410 g/mol. The molecule has 1 saturated heterocycles. The quantitative estimate of drug-likeness (QED) is 0.734. The molecule has 2 aromatic carbocycles. The summed E-state index contributed by atoms with van der Waals surface area (Å²) in [5, 5.41) is 12.1. The van der Waals surface area contributed by atoms with Crippen LogP contribution < -0.4 is 5.32 Å². The van der Waals surface area contributed by atoms with Crippen molar-refractivity contribution >= 4 is 40.6 Å². The minimum atomic E-state index is -0.501. The summed E-state index contributed by atoms with van der Waals surface area (Å²) in [5.41, 5.74) is 4.85. The predicted molar refractivity (Wildman–Crippen MR) is 115 cm³/mol. The average Bonchev–Trinajstić information content (AvgIpc) is 2.90. The highest BCUT2D eigenvalue weighted by Crippen LogP contribution is 2.33. The highest BCUT2D eigenvalue weighted by molar-refractivity contribution is 8.18. The third kappa shape index (κ3) is 4.51. The zero-order valence-corrected chi connectivity index (χ0v) is 17.5. The summed E-state index contributed by atoms with van der Waals surface area (Å²) in [6, 6.07) is 9.00. The van der Waals surface area contributed by atoms with E-state index in [1.54, 1.807) is 38.1 Å². The van der Waals surface area contributed by atoms with E-state index in [0.717, 1.165) is 27.8 Å². The molecule has 0 aliphatic carbocycles. The lowest BCUT2D eigenvalue weighted by atomic mass is 10.1. The fourth-order valence-corrected chi connectivity index (χ4v) is 3.86. The molecule has 2 aromatic rings. The molecule has 0 radical (unpaired) electrons. The number of benzene rings is 2. The molecule has 29 heavy (non-hydrogen) atoms. The van der Waals surface area contributed by atoms with Crippen LogP contribution in [0, 0.1) is 27.7 Å². The minimum absolute atomic E-state index is 0.207. The molecule has 3 rings (SSSR count). The van der Waals surface area contributed by atoms with E-state index in [-0.39, 0.29) is 17.2 Å². The third-order valence-electron chi connectivity index (χ3n) is 4.78. The van der Waals surface area contributed by atoms with Crippen molar-refractivity contribution < 1.29 is 19.5 Å². The molecule has 0 spiro atoms. The molecule has 0 bridgehead atoms. The van der Waals surface area contributed by atoms with Gasteiger partial charge in [0, 0.05) is 5.69 Å². The van der Waals surface area contributed by atoms with Crippen LogP contribution in [0.4, 0.5) is 10.5 Å². The van der Waals surface area contributed by atoms with Crippen molar-refractivity contribution in [3.8, 4) is 5.75 Å². The highest BCUT2D eigenvalue weighted by atomic mass is 32.2. The van der Waals surface area contributed by atoms with Crippen LogP contribution >= 0.6 is 11.8 Å². The van der Waals surface area contributed by atoms with Gasteiger partial charge in [0.1, 0.15) is 12.3 Å². The van der Waals surface area contributed by atoms with Gasteiger partial charge in [0.2, 0.25) is 5.91 Å². The van der Waals surface area contributed by atoms with E-state index < -0.39 is 17.1 Å². The summed E-state index contributed by atoms with van der Waals surface area (Å²) in [5.74, 6) is -0.731. The van der Waals surface area contributed by atoms with Gasteiger partial charge in [-0.05, 0) is 97.6 Å². The van der Waals surface area contributed by atoms with Crippen LogP contribution in [0.15, 0.2) is 35.2 Å². The Labute approximate surface area is 173 Å². The molecular weight excluding hydrogens is 388 g/mol. The molecule has 1 fully saturated rings. The van der Waals surface area contributed by atoms with E-state index in [2.05, 4.69) is 5.32 Å². The Bertz CT molecular complexity index is 1040. The van der Waals surface area contributed by atoms with Gasteiger partial charge in [-0.2, -0.15) is 0 Å². The Morgan fingerprint density at radius 1 is 1.03 bits per heavy atom. The van der Waals surface area contributed by atoms with Gasteiger partial charge in [0.05, 0.1) is 4.91 Å². The van der Waals surface area contributed by atoms with Crippen molar-refractivity contribution in [2.45, 2.75) is 27.7 Å². The summed E-state index contributed by atoms with van der Waals surface area (Å²) in [6.45, 7) is 7.11. The summed E-state index contributed by atoms with van der Waals surface area (Å²) >= 11 is 0.801. The molecule has 150 valence electrons. The molecule has 0 atom stereocenters. The normalized spacial score (nSPS) is 15.3. The molecule has 1 aliphatic heterocycles. The Morgan fingerprint density at radius 2 is 1.69 bits per heavy atom. The first kappa shape index (κ1) is 20.7. The second-order valence-corrected chi connectivity index (χ2v) is 8.11. The second kappa shape index (κ2) is 8.13. The number of carbonyl (C=O) groups is 3. The number of anilines is 1. The van der Waals surface area contributed by atoms with Crippen LogP contribution in [0.3, 0.4) is 0 Å². The molecule has 6 nitrogen and oxygen atoms in total. The fourth-order valence-electron chi connectivity index (χ4n) is 3.02. The van der Waals surface area contributed by atoms with Gasteiger partial charge in [-0.1, -0.05) is 6.07 Å². The molecule has 0 aromatic heterocycles. The monoisotopic (exact) mass is 410 g/mol. The summed E-state index contributed by atoms with van der Waals surface area (Å²) < 4.78 is 0. The maximum atomic E-state index is 12.6. The van der Waals surface area contributed by atoms with Crippen LogP contribution in [-0.4, -0.2) is 33.6 Å². The number of hydrogen-bond donors (Lipinski definition) is 2. The number of thioether (sulfide) groups is 1. The summed E-state index contributed by atoms with van der Waals surface area (Å²) in [6.07, 6.45) is 1.60. The standard InChI is InChI=1S/C22H22N2O4S/c1-12-5-6-17(9-13(12)2)23-19(25)11-24-21(27)18(29-22(24)28)10-16-7-14(3)20(26)15(4)8-16/h5-10,26H,11H2,1-4H3,(H,23,25). The second-order valence-electron chi connectivity index (χ2n) is 7.12. The first-order valence-corrected chi connectivity index (χ1v) is 9.90.